The van der Waals surface area contributed by atoms with Crippen molar-refractivity contribution in [2.24, 2.45) is 0 Å². The average molecular weight is 507 g/mol. The monoisotopic (exact) mass is 506 g/mol. The molecule has 4 aromatic rings. The van der Waals surface area contributed by atoms with Crippen molar-refractivity contribution in [3.05, 3.63) is 80.4 Å². The number of benzene rings is 2. The van der Waals surface area contributed by atoms with Gasteiger partial charge in [-0.1, -0.05) is 0 Å². The molecule has 0 spiro atoms. The summed E-state index contributed by atoms with van der Waals surface area (Å²) in [5.41, 5.74) is 3.19. The maximum atomic E-state index is 12.3. The van der Waals surface area contributed by atoms with Gasteiger partial charge in [-0.15, -0.1) is 0 Å². The maximum absolute atomic E-state index is 12.3. The number of aryl methyl sites for hydroxylation is 2. The van der Waals surface area contributed by atoms with E-state index < -0.39 is 0 Å². The van der Waals surface area contributed by atoms with E-state index in [1.165, 1.54) is 10.6 Å². The average Bonchev–Trinajstić information content (AvgIpc) is 3.42. The Hall–Kier alpha value is -3.95. The molecule has 1 aliphatic rings. The molecule has 1 aliphatic heterocycles. The molecule has 0 amide bonds. The molecule has 0 N–H and O–H groups in total. The molecule has 0 bridgehead atoms. The predicted octanol–water partition coefficient (Wildman–Crippen LogP) is 3.21. The van der Waals surface area contributed by atoms with E-state index in [1.54, 1.807) is 30.9 Å². The highest BCUT2D eigenvalue weighted by Gasteiger charge is 2.19. The number of aldehydes is 1. The van der Waals surface area contributed by atoms with Crippen LogP contribution in [0.15, 0.2) is 58.1 Å². The van der Waals surface area contributed by atoms with Gasteiger partial charge in [0, 0.05) is 35.0 Å². The van der Waals surface area contributed by atoms with Gasteiger partial charge < -0.3 is 32.9 Å². The quantitative estimate of drug-likeness (QED) is 0.371. The Morgan fingerprint density at radius 1 is 0.811 bits per heavy atom. The van der Waals surface area contributed by atoms with Gasteiger partial charge in [0.1, 0.15) is 17.8 Å². The number of carbonyl (C=O) groups excluding carboxylic acids is 1. The third-order valence-electron chi connectivity index (χ3n) is 6.33. The summed E-state index contributed by atoms with van der Waals surface area (Å²) in [5, 5.41) is 1.98. The number of hydrogen-bond donors (Lipinski definition) is 0. The van der Waals surface area contributed by atoms with Crippen LogP contribution >= 0.6 is 0 Å². The van der Waals surface area contributed by atoms with Crippen LogP contribution in [0.3, 0.4) is 0 Å². The first kappa shape index (κ1) is 26.1. The van der Waals surface area contributed by atoms with E-state index in [4.69, 9.17) is 18.9 Å². The minimum Gasteiger partial charge on any atom is -0.497 e. The Morgan fingerprint density at radius 2 is 1.30 bits per heavy atom. The lowest BCUT2D eigenvalue weighted by atomic mass is 10.1. The second-order valence-corrected chi connectivity index (χ2v) is 8.66. The maximum Gasteiger partial charge on any atom is 0.251 e. The Labute approximate surface area is 213 Å². The number of pyridine rings is 2. The highest BCUT2D eigenvalue weighted by atomic mass is 16.7. The summed E-state index contributed by atoms with van der Waals surface area (Å²) in [6.45, 7) is 5.41. The summed E-state index contributed by atoms with van der Waals surface area (Å²) >= 11 is 0. The molecule has 9 heteroatoms. The van der Waals surface area contributed by atoms with Gasteiger partial charge in [-0.3, -0.25) is 9.59 Å². The highest BCUT2D eigenvalue weighted by molar-refractivity contribution is 5.84. The zero-order valence-corrected chi connectivity index (χ0v) is 21.4. The van der Waals surface area contributed by atoms with Crippen LogP contribution in [0.5, 0.6) is 11.5 Å². The van der Waals surface area contributed by atoms with Gasteiger partial charge in [-0.05, 0) is 49.2 Å². The van der Waals surface area contributed by atoms with Crippen LogP contribution in [0.2, 0.25) is 0 Å². The fraction of sp³-hybridized carbons (Fsp3) is 0.321. The standard InChI is InChI=1S/C15H17NO4.C13H13NO3/c1-10-7-14(17)16(9-15-19-5-6-20-15)13-8-11(18-2)3-4-12(10)13;1-9-7-13(16)14(5-6-15)12-8-10(17-2)3-4-11(9)12/h3-4,7-8,15H,5-6,9H2,1-2H3;3-4,6-8H,5H2,1-2H3. The number of carbonyl (C=O) groups is 1. The number of fused-ring (bicyclic) bond motifs is 2. The van der Waals surface area contributed by atoms with Crippen molar-refractivity contribution >= 4 is 28.1 Å². The van der Waals surface area contributed by atoms with Crippen molar-refractivity contribution in [2.45, 2.75) is 33.2 Å². The zero-order chi connectivity index (χ0) is 26.5. The number of ether oxygens (including phenoxy) is 4. The summed E-state index contributed by atoms with van der Waals surface area (Å²) < 4.78 is 24.4. The molecule has 0 aliphatic carbocycles. The van der Waals surface area contributed by atoms with Crippen molar-refractivity contribution in [1.29, 1.82) is 0 Å². The molecule has 2 aromatic heterocycles. The van der Waals surface area contributed by atoms with Gasteiger partial charge in [-0.2, -0.15) is 0 Å². The van der Waals surface area contributed by atoms with E-state index in [1.807, 2.05) is 44.2 Å². The Balaban J connectivity index is 0.000000176. The Bertz CT molecular complexity index is 1550. The van der Waals surface area contributed by atoms with E-state index in [0.717, 1.165) is 45.0 Å². The number of rotatable bonds is 6. The highest BCUT2D eigenvalue weighted by Crippen LogP contribution is 2.23. The van der Waals surface area contributed by atoms with Crippen molar-refractivity contribution < 1.29 is 23.7 Å². The van der Waals surface area contributed by atoms with Crippen LogP contribution in [0, 0.1) is 13.8 Å². The third kappa shape index (κ3) is 5.58. The molecular weight excluding hydrogens is 476 g/mol. The van der Waals surface area contributed by atoms with Gasteiger partial charge in [0.2, 0.25) is 0 Å². The topological polar surface area (TPSA) is 98.0 Å². The summed E-state index contributed by atoms with van der Waals surface area (Å²) in [5.74, 6) is 1.40. The predicted molar refractivity (Wildman–Crippen MR) is 141 cm³/mol. The fourth-order valence-electron chi connectivity index (χ4n) is 4.42. The van der Waals surface area contributed by atoms with Crippen LogP contribution < -0.4 is 20.6 Å². The SMILES string of the molecule is COc1ccc2c(C)cc(=O)n(CC3OCCO3)c2c1.COc1ccc2c(C)cc(=O)n(CC=O)c2c1. The molecule has 2 aromatic carbocycles. The number of methoxy groups -OCH3 is 2. The molecular formula is C28H30N2O7. The molecule has 37 heavy (non-hydrogen) atoms. The summed E-state index contributed by atoms with van der Waals surface area (Å²) in [7, 11) is 3.18. The van der Waals surface area contributed by atoms with E-state index in [0.29, 0.717) is 25.5 Å². The van der Waals surface area contributed by atoms with Crippen LogP contribution in [0.25, 0.3) is 21.8 Å². The largest absolute Gasteiger partial charge is 0.497 e. The van der Waals surface area contributed by atoms with Crippen molar-refractivity contribution in [1.82, 2.24) is 9.13 Å². The normalized spacial score (nSPS) is 13.4. The van der Waals surface area contributed by atoms with E-state index in [9.17, 15) is 14.4 Å². The summed E-state index contributed by atoms with van der Waals surface area (Å²) in [6, 6.07) is 14.4. The van der Waals surface area contributed by atoms with Gasteiger partial charge in [-0.25, -0.2) is 0 Å². The Kier molecular flexibility index (Phi) is 8.05. The molecule has 1 saturated heterocycles. The van der Waals surface area contributed by atoms with Gasteiger partial charge >= 0.3 is 0 Å². The van der Waals surface area contributed by atoms with Crippen molar-refractivity contribution in [2.75, 3.05) is 27.4 Å². The molecule has 9 nitrogen and oxygen atoms in total. The molecule has 194 valence electrons. The second-order valence-electron chi connectivity index (χ2n) is 8.66. The first-order valence-corrected chi connectivity index (χ1v) is 11.9. The van der Waals surface area contributed by atoms with Gasteiger partial charge in [0.25, 0.3) is 11.1 Å². The van der Waals surface area contributed by atoms with Crippen LogP contribution in [-0.2, 0) is 27.4 Å². The minimum atomic E-state index is -0.357. The minimum absolute atomic E-state index is 0.0534. The van der Waals surface area contributed by atoms with E-state index in [-0.39, 0.29) is 24.0 Å². The van der Waals surface area contributed by atoms with Gasteiger partial charge in [0.15, 0.2) is 6.29 Å². The summed E-state index contributed by atoms with van der Waals surface area (Å²) in [4.78, 5) is 34.7. The van der Waals surface area contributed by atoms with Crippen LogP contribution in [0.1, 0.15) is 11.1 Å². The molecule has 0 atom stereocenters. The summed E-state index contributed by atoms with van der Waals surface area (Å²) in [6.07, 6.45) is 0.361. The first-order chi connectivity index (χ1) is 17.9. The van der Waals surface area contributed by atoms with Crippen LogP contribution in [-0.4, -0.2) is 49.1 Å². The smallest absolute Gasteiger partial charge is 0.251 e. The molecule has 0 unspecified atom stereocenters. The molecule has 0 radical (unpaired) electrons. The van der Waals surface area contributed by atoms with Crippen LogP contribution in [0.4, 0.5) is 0 Å². The number of nitrogens with zero attached hydrogens (tertiary/aromatic N) is 2. The zero-order valence-electron chi connectivity index (χ0n) is 21.4. The lowest BCUT2D eigenvalue weighted by Gasteiger charge is -2.16. The van der Waals surface area contributed by atoms with Gasteiger partial charge in [0.05, 0.1) is 51.6 Å². The second kappa shape index (κ2) is 11.4. The fourth-order valence-corrected chi connectivity index (χ4v) is 4.42. The molecule has 0 saturated carbocycles. The van der Waals surface area contributed by atoms with Crippen molar-refractivity contribution in [3.8, 4) is 11.5 Å². The van der Waals surface area contributed by atoms with E-state index in [2.05, 4.69) is 0 Å². The number of hydrogen-bond acceptors (Lipinski definition) is 7. The Morgan fingerprint density at radius 3 is 1.78 bits per heavy atom. The molecule has 1 fully saturated rings. The number of aromatic nitrogens is 2. The lowest BCUT2D eigenvalue weighted by molar-refractivity contribution is -0.108. The molecule has 5 rings (SSSR count). The first-order valence-electron chi connectivity index (χ1n) is 11.9. The third-order valence-corrected chi connectivity index (χ3v) is 6.33. The van der Waals surface area contributed by atoms with E-state index >= 15 is 0 Å². The molecule has 3 heterocycles. The lowest BCUT2D eigenvalue weighted by Crippen LogP contribution is -2.27. The van der Waals surface area contributed by atoms with Crippen molar-refractivity contribution in [3.63, 3.8) is 0 Å².